The van der Waals surface area contributed by atoms with E-state index < -0.39 is 23.5 Å². The van der Waals surface area contributed by atoms with Crippen molar-refractivity contribution in [1.82, 2.24) is 20.4 Å². The Morgan fingerprint density at radius 3 is 2.70 bits per heavy atom. The number of benzene rings is 1. The molecule has 2 amide bonds. The van der Waals surface area contributed by atoms with E-state index in [-0.39, 0.29) is 45.7 Å². The van der Waals surface area contributed by atoms with Crippen LogP contribution in [0.15, 0.2) is 61.4 Å². The maximum Gasteiger partial charge on any atom is 0.360 e. The number of nitrogens with zero attached hydrogens (tertiary/aromatic N) is 5. The third-order valence-electron chi connectivity index (χ3n) is 4.31. The fourth-order valence-corrected chi connectivity index (χ4v) is 3.40. The Morgan fingerprint density at radius 2 is 2.06 bits per heavy atom. The minimum Gasteiger partial charge on any atom is -0.491 e. The smallest absolute Gasteiger partial charge is 0.360 e. The van der Waals surface area contributed by atoms with E-state index in [1.54, 1.807) is 18.4 Å². The Hall–Kier alpha value is -3.64. The largest absolute Gasteiger partial charge is 0.491 e. The second kappa shape index (κ2) is 9.46. The van der Waals surface area contributed by atoms with Crippen LogP contribution < -0.4 is 5.32 Å². The molecule has 0 unspecified atom stereocenters. The van der Waals surface area contributed by atoms with Crippen LogP contribution in [0.2, 0.25) is 5.02 Å². The van der Waals surface area contributed by atoms with Crippen LogP contribution in [0.1, 0.15) is 11.6 Å². The highest BCUT2D eigenvalue weighted by molar-refractivity contribution is 8.07. The molecule has 2 aromatic heterocycles. The Balaban J connectivity index is 1.54. The summed E-state index contributed by atoms with van der Waals surface area (Å²) in [7, 11) is 0. The fraction of sp³-hybridized carbons (Fsp3) is 0.100. The van der Waals surface area contributed by atoms with Gasteiger partial charge in [-0.2, -0.15) is 4.98 Å². The van der Waals surface area contributed by atoms with E-state index in [9.17, 15) is 18.7 Å². The molecule has 0 bridgehead atoms. The molecule has 1 aliphatic heterocycles. The predicted molar refractivity (Wildman–Crippen MR) is 116 cm³/mol. The number of aromatic nitrogens is 3. The van der Waals surface area contributed by atoms with E-state index in [0.29, 0.717) is 4.91 Å². The number of azo groups is 1. The first kappa shape index (κ1) is 22.6. The number of carbonyl (C=O) groups excluding carboxylic acids is 1. The van der Waals surface area contributed by atoms with E-state index in [1.807, 2.05) is 0 Å². The monoisotopic (exact) mass is 490 g/mol. The van der Waals surface area contributed by atoms with Crippen LogP contribution in [0.25, 0.3) is 22.5 Å². The van der Waals surface area contributed by atoms with Crippen LogP contribution in [0.5, 0.6) is 0 Å². The molecule has 0 aliphatic carbocycles. The van der Waals surface area contributed by atoms with Crippen LogP contribution >= 0.6 is 23.4 Å². The number of rotatable bonds is 5. The number of allylic oxidation sites excluding steroid dienone is 1. The molecular weight excluding hydrogens is 478 g/mol. The Bertz CT molecular complexity index is 1340. The highest BCUT2D eigenvalue weighted by atomic mass is 35.5. The van der Waals surface area contributed by atoms with Gasteiger partial charge in [0.2, 0.25) is 17.6 Å². The molecule has 4 rings (SSSR count). The van der Waals surface area contributed by atoms with Gasteiger partial charge in [-0.3, -0.25) is 4.98 Å². The van der Waals surface area contributed by atoms with Crippen molar-refractivity contribution in [2.75, 3.05) is 0 Å². The van der Waals surface area contributed by atoms with Crippen molar-refractivity contribution >= 4 is 29.4 Å². The lowest BCUT2D eigenvalue weighted by molar-refractivity contribution is 0.246. The fourth-order valence-electron chi connectivity index (χ4n) is 2.77. The molecule has 0 spiro atoms. The average molecular weight is 491 g/mol. The number of thioether (sulfide) groups is 1. The minimum atomic E-state index is -0.896. The second-order valence-electron chi connectivity index (χ2n) is 6.57. The van der Waals surface area contributed by atoms with Crippen molar-refractivity contribution in [3.63, 3.8) is 0 Å². The van der Waals surface area contributed by atoms with Gasteiger partial charge in [0.15, 0.2) is 0 Å². The summed E-state index contributed by atoms with van der Waals surface area (Å²) in [6.45, 7) is 1.26. The minimum absolute atomic E-state index is 0.0206. The zero-order chi connectivity index (χ0) is 23.5. The molecule has 1 aromatic carbocycles. The quantitative estimate of drug-likeness (QED) is 0.347. The van der Waals surface area contributed by atoms with Crippen LogP contribution in [-0.2, 0) is 6.54 Å². The van der Waals surface area contributed by atoms with Gasteiger partial charge < -0.3 is 14.9 Å². The first-order valence-corrected chi connectivity index (χ1v) is 10.5. The maximum absolute atomic E-state index is 14.7. The third-order valence-corrected chi connectivity index (χ3v) is 5.37. The Kier molecular flexibility index (Phi) is 6.47. The molecule has 3 aromatic rings. The van der Waals surface area contributed by atoms with Crippen molar-refractivity contribution in [1.29, 1.82) is 0 Å². The zero-order valence-corrected chi connectivity index (χ0v) is 18.3. The van der Waals surface area contributed by atoms with Crippen LogP contribution in [0.4, 0.5) is 13.6 Å². The van der Waals surface area contributed by atoms with Crippen molar-refractivity contribution in [3.8, 4) is 22.5 Å². The van der Waals surface area contributed by atoms with E-state index in [4.69, 9.17) is 16.1 Å². The Labute approximate surface area is 194 Å². The zero-order valence-electron chi connectivity index (χ0n) is 16.7. The average Bonchev–Trinajstić information content (AvgIpc) is 3.15. The van der Waals surface area contributed by atoms with Gasteiger partial charge in [-0.1, -0.05) is 33.6 Å². The van der Waals surface area contributed by atoms with Crippen LogP contribution in [0.3, 0.4) is 0 Å². The molecule has 0 atom stereocenters. The summed E-state index contributed by atoms with van der Waals surface area (Å²) >= 11 is 7.23. The van der Waals surface area contributed by atoms with Crippen molar-refractivity contribution in [2.24, 2.45) is 10.2 Å². The van der Waals surface area contributed by atoms with Gasteiger partial charge in [0.05, 0.1) is 22.7 Å². The number of nitrogens with one attached hydrogen (secondary N) is 1. The highest BCUT2D eigenvalue weighted by Crippen LogP contribution is 2.35. The molecule has 13 heteroatoms. The summed E-state index contributed by atoms with van der Waals surface area (Å²) in [6.07, 6.45) is 2.90. The number of hydrogen-bond donors (Lipinski definition) is 2. The highest BCUT2D eigenvalue weighted by Gasteiger charge is 2.20. The lowest BCUT2D eigenvalue weighted by Crippen LogP contribution is -2.20. The predicted octanol–water partition coefficient (Wildman–Crippen LogP) is 5.69. The summed E-state index contributed by atoms with van der Waals surface area (Å²) in [6, 6.07) is 2.74. The number of aryl methyl sites for hydroxylation is 1. The molecule has 168 valence electrons. The number of pyridine rings is 1. The maximum atomic E-state index is 14.7. The van der Waals surface area contributed by atoms with Gasteiger partial charge >= 0.3 is 6.03 Å². The standard InChI is InChI=1S/C20H13ClF2N6O3S/c1-9-26-18(29-32-9)17-12(5-11(21)6-14(17)23)10-4-13(22)15(24-7-10)8-25-20(31)28-27-19(30)16-2-3-33-16/h2-7,30H,8H2,1H3,(H,25,31). The van der Waals surface area contributed by atoms with Gasteiger partial charge in [0.1, 0.15) is 11.6 Å². The molecule has 0 saturated heterocycles. The number of amides is 2. The number of aliphatic hydroxyl groups is 1. The summed E-state index contributed by atoms with van der Waals surface area (Å²) in [5, 5.41) is 24.1. The van der Waals surface area contributed by atoms with Crippen molar-refractivity contribution in [2.45, 2.75) is 13.5 Å². The molecular formula is C20H13ClF2N6O3S. The number of urea groups is 1. The lowest BCUT2D eigenvalue weighted by atomic mass is 9.99. The molecule has 0 fully saturated rings. The number of carbonyl (C=O) groups is 1. The normalized spacial score (nSPS) is 14.4. The summed E-state index contributed by atoms with van der Waals surface area (Å²) in [4.78, 5) is 20.3. The van der Waals surface area contributed by atoms with Gasteiger partial charge in [-0.25, -0.2) is 13.6 Å². The Morgan fingerprint density at radius 1 is 1.27 bits per heavy atom. The van der Waals surface area contributed by atoms with E-state index in [2.05, 4.69) is 30.7 Å². The number of aliphatic hydroxyl groups excluding tert-OH is 1. The summed E-state index contributed by atoms with van der Waals surface area (Å²) in [5.74, 6) is -1.67. The number of halogens is 3. The lowest BCUT2D eigenvalue weighted by Gasteiger charge is -2.10. The van der Waals surface area contributed by atoms with Gasteiger partial charge in [0, 0.05) is 23.7 Å². The molecule has 1 aliphatic rings. The first-order valence-electron chi connectivity index (χ1n) is 9.22. The van der Waals surface area contributed by atoms with Crippen LogP contribution in [0, 0.1) is 18.6 Å². The second-order valence-corrected chi connectivity index (χ2v) is 7.95. The molecule has 3 heterocycles. The van der Waals surface area contributed by atoms with Crippen LogP contribution in [-0.4, -0.2) is 26.3 Å². The SMILES string of the molecule is Cc1nc(-c2c(F)cc(Cl)cc2-c2cnc(CNC(=O)N=NC(O)=C3C=CS3)c(F)c2)no1. The van der Waals surface area contributed by atoms with Crippen molar-refractivity contribution < 1.29 is 23.2 Å². The van der Waals surface area contributed by atoms with Gasteiger partial charge in [-0.05, 0) is 35.2 Å². The number of hydrogen-bond acceptors (Lipinski definition) is 8. The van der Waals surface area contributed by atoms with Gasteiger partial charge in [-0.15, -0.1) is 5.11 Å². The van der Waals surface area contributed by atoms with E-state index in [1.165, 1.54) is 24.0 Å². The van der Waals surface area contributed by atoms with E-state index in [0.717, 1.165) is 12.1 Å². The molecule has 9 nitrogen and oxygen atoms in total. The van der Waals surface area contributed by atoms with Crippen molar-refractivity contribution in [3.05, 3.63) is 74.9 Å². The topological polar surface area (TPSA) is 126 Å². The molecule has 0 radical (unpaired) electrons. The third kappa shape index (κ3) is 5.07. The molecule has 33 heavy (non-hydrogen) atoms. The van der Waals surface area contributed by atoms with E-state index >= 15 is 0 Å². The molecule has 2 N–H and O–H groups in total. The summed E-state index contributed by atoms with van der Waals surface area (Å²) in [5.41, 5.74) is 0.306. The first-order chi connectivity index (χ1) is 15.8. The summed E-state index contributed by atoms with van der Waals surface area (Å²) < 4.78 is 34.3. The van der Waals surface area contributed by atoms with Gasteiger partial charge in [0.25, 0.3) is 0 Å². The molecule has 0 saturated carbocycles.